The molecule has 0 spiro atoms. The smallest absolute Gasteiger partial charge is 0.137 e. The molecule has 3 unspecified atom stereocenters. The Kier molecular flexibility index (Phi) is 7.08. The first-order valence-electron chi connectivity index (χ1n) is 19.5. The van der Waals surface area contributed by atoms with Crippen molar-refractivity contribution in [3.05, 3.63) is 155 Å². The van der Waals surface area contributed by atoms with Crippen molar-refractivity contribution in [2.45, 2.75) is 69.9 Å². The van der Waals surface area contributed by atoms with Crippen molar-refractivity contribution in [1.29, 1.82) is 0 Å². The summed E-state index contributed by atoms with van der Waals surface area (Å²) in [5.74, 6) is 2.34. The average Bonchev–Trinajstić information content (AvgIpc) is 3.89. The first-order chi connectivity index (χ1) is 26.2. The number of aryl methyl sites for hydroxylation is 2. The minimum atomic E-state index is 0.0273. The summed E-state index contributed by atoms with van der Waals surface area (Å²) in [4.78, 5) is 2.61. The summed E-state index contributed by atoms with van der Waals surface area (Å²) in [6, 6.07) is 20.7. The van der Waals surface area contributed by atoms with Crippen molar-refractivity contribution in [3.63, 3.8) is 0 Å². The largest absolute Gasteiger partial charge is 0.460 e. The molecule has 0 saturated heterocycles. The van der Waals surface area contributed by atoms with Gasteiger partial charge < -0.3 is 18.3 Å². The second-order valence-corrected chi connectivity index (χ2v) is 15.2. The molecule has 3 aromatic carbocycles. The van der Waals surface area contributed by atoms with E-state index in [2.05, 4.69) is 150 Å². The van der Waals surface area contributed by atoms with E-state index in [4.69, 9.17) is 8.83 Å². The van der Waals surface area contributed by atoms with Gasteiger partial charge in [0.2, 0.25) is 0 Å². The SMILES string of the molecule is CC1c2c(n(C3C=CC=CC3)c3cc(C4=CCCC=C4)ccc23)C=CC1N(c1cccc2oc3c(c12)C=CCC3)c1cccc2oc3c(c12)C=CCC3. The number of allylic oxidation sites excluding steroid dienone is 10. The number of rotatable bonds is 5. The highest BCUT2D eigenvalue weighted by molar-refractivity contribution is 6.06. The molecule has 6 aromatic rings. The summed E-state index contributed by atoms with van der Waals surface area (Å²) < 4.78 is 15.8. The zero-order chi connectivity index (χ0) is 35.0. The zero-order valence-corrected chi connectivity index (χ0v) is 30.1. The topological polar surface area (TPSA) is 34.5 Å². The van der Waals surface area contributed by atoms with Crippen molar-refractivity contribution in [2.24, 2.45) is 0 Å². The van der Waals surface area contributed by atoms with Crippen LogP contribution in [0.3, 0.4) is 0 Å². The van der Waals surface area contributed by atoms with Crippen LogP contribution < -0.4 is 4.90 Å². The van der Waals surface area contributed by atoms with Crippen LogP contribution >= 0.6 is 0 Å². The van der Waals surface area contributed by atoms with E-state index in [1.165, 1.54) is 66.6 Å². The fourth-order valence-corrected chi connectivity index (χ4v) is 9.78. The molecule has 0 radical (unpaired) electrons. The molecule has 3 atom stereocenters. The zero-order valence-electron chi connectivity index (χ0n) is 30.1. The molecule has 0 fully saturated rings. The van der Waals surface area contributed by atoms with Gasteiger partial charge in [-0.2, -0.15) is 0 Å². The van der Waals surface area contributed by atoms with E-state index < -0.39 is 0 Å². The number of fused-ring (bicyclic) bond motifs is 9. The molecular weight excluding hydrogens is 649 g/mol. The summed E-state index contributed by atoms with van der Waals surface area (Å²) in [7, 11) is 0. The van der Waals surface area contributed by atoms with E-state index in [1.54, 1.807) is 0 Å². The average molecular weight is 691 g/mol. The van der Waals surface area contributed by atoms with Gasteiger partial charge in [-0.1, -0.05) is 104 Å². The predicted octanol–water partition coefficient (Wildman–Crippen LogP) is 13.2. The van der Waals surface area contributed by atoms with E-state index in [1.807, 2.05) is 0 Å². The van der Waals surface area contributed by atoms with Gasteiger partial charge in [-0.25, -0.2) is 0 Å². The molecule has 0 N–H and O–H groups in total. The molecule has 3 heterocycles. The predicted molar refractivity (Wildman–Crippen MR) is 221 cm³/mol. The van der Waals surface area contributed by atoms with Gasteiger partial charge >= 0.3 is 0 Å². The molecule has 260 valence electrons. The van der Waals surface area contributed by atoms with E-state index >= 15 is 0 Å². The Bertz CT molecular complexity index is 2590. The molecule has 3 aromatic heterocycles. The monoisotopic (exact) mass is 690 g/mol. The number of nitrogens with zero attached hydrogens (tertiary/aromatic N) is 2. The molecule has 5 aliphatic rings. The van der Waals surface area contributed by atoms with Crippen LogP contribution in [0.2, 0.25) is 0 Å². The molecule has 4 nitrogen and oxygen atoms in total. The Morgan fingerprint density at radius 3 is 2.08 bits per heavy atom. The van der Waals surface area contributed by atoms with Crippen LogP contribution in [0.1, 0.15) is 90.5 Å². The van der Waals surface area contributed by atoms with Gasteiger partial charge in [0.05, 0.1) is 34.2 Å². The van der Waals surface area contributed by atoms with Crippen LogP contribution in [0.15, 0.2) is 124 Å². The second kappa shape index (κ2) is 12.2. The quantitative estimate of drug-likeness (QED) is 0.181. The molecule has 5 aliphatic carbocycles. The summed E-state index contributed by atoms with van der Waals surface area (Å²) >= 11 is 0. The van der Waals surface area contributed by atoms with E-state index in [0.717, 1.165) is 67.6 Å². The Balaban J connectivity index is 1.15. The maximum Gasteiger partial charge on any atom is 0.137 e. The number of hydrogen-bond donors (Lipinski definition) is 0. The minimum Gasteiger partial charge on any atom is -0.460 e. The lowest BCUT2D eigenvalue weighted by Crippen LogP contribution is -2.36. The number of anilines is 2. The van der Waals surface area contributed by atoms with Gasteiger partial charge in [-0.3, -0.25) is 0 Å². The van der Waals surface area contributed by atoms with Crippen LogP contribution in [0.4, 0.5) is 11.4 Å². The summed E-state index contributed by atoms with van der Waals surface area (Å²) in [5.41, 5.74) is 13.4. The maximum absolute atomic E-state index is 6.59. The Morgan fingerprint density at radius 2 is 1.42 bits per heavy atom. The van der Waals surface area contributed by atoms with Gasteiger partial charge in [0, 0.05) is 46.5 Å². The maximum atomic E-state index is 6.59. The molecule has 0 saturated carbocycles. The lowest BCUT2D eigenvalue weighted by atomic mass is 9.84. The molecule has 4 heteroatoms. The van der Waals surface area contributed by atoms with Gasteiger partial charge in [-0.15, -0.1) is 0 Å². The standard InChI is InChI=1S/C49H42N2O2/c1-31-38(28-29-41-47(31)35-27-26-33(32-14-4-2-5-15-32)30-42(35)50(41)34-16-6-3-7-17-34)51(39-20-12-24-45-48(39)36-18-8-10-22-43(36)52-45)40-21-13-25-46-49(40)37-19-9-11-23-44(37)53-46/h3-4,6-9,12-16,18-21,24-31,34,38H,2,5,10-11,17,22-23H2,1H3. The van der Waals surface area contributed by atoms with Gasteiger partial charge in [-0.05, 0) is 85.2 Å². The third-order valence-electron chi connectivity index (χ3n) is 12.2. The van der Waals surface area contributed by atoms with Crippen molar-refractivity contribution in [2.75, 3.05) is 4.90 Å². The van der Waals surface area contributed by atoms with Gasteiger partial charge in [0.1, 0.15) is 22.7 Å². The lowest BCUT2D eigenvalue weighted by molar-refractivity contribution is 0.546. The molecule has 0 bridgehead atoms. The summed E-state index contributed by atoms with van der Waals surface area (Å²) in [5, 5.41) is 3.72. The highest BCUT2D eigenvalue weighted by Gasteiger charge is 2.37. The van der Waals surface area contributed by atoms with Crippen molar-refractivity contribution in [3.8, 4) is 0 Å². The van der Waals surface area contributed by atoms with Crippen LogP contribution in [0, 0.1) is 0 Å². The van der Waals surface area contributed by atoms with E-state index in [-0.39, 0.29) is 18.0 Å². The number of benzene rings is 3. The normalized spacial score (nSPS) is 21.4. The van der Waals surface area contributed by atoms with Crippen LogP contribution in [-0.4, -0.2) is 10.6 Å². The molecule has 0 amide bonds. The molecule has 11 rings (SSSR count). The van der Waals surface area contributed by atoms with Crippen LogP contribution in [0.25, 0.3) is 56.6 Å². The lowest BCUT2D eigenvalue weighted by Gasteiger charge is -2.39. The van der Waals surface area contributed by atoms with Crippen molar-refractivity contribution < 1.29 is 8.83 Å². The van der Waals surface area contributed by atoms with Crippen molar-refractivity contribution >= 4 is 68.0 Å². The highest BCUT2D eigenvalue weighted by atomic mass is 16.3. The number of aromatic nitrogens is 1. The summed E-state index contributed by atoms with van der Waals surface area (Å²) in [6.45, 7) is 2.44. The minimum absolute atomic E-state index is 0.0273. The number of furan rings is 2. The number of hydrogen-bond acceptors (Lipinski definition) is 3. The fourth-order valence-electron chi connectivity index (χ4n) is 9.78. The Morgan fingerprint density at radius 1 is 0.698 bits per heavy atom. The van der Waals surface area contributed by atoms with Crippen molar-refractivity contribution in [1.82, 2.24) is 4.57 Å². The van der Waals surface area contributed by atoms with Gasteiger partial charge in [0.15, 0.2) is 0 Å². The van der Waals surface area contributed by atoms with Gasteiger partial charge in [0.25, 0.3) is 0 Å². The summed E-state index contributed by atoms with van der Waals surface area (Å²) in [6.07, 6.45) is 37.2. The second-order valence-electron chi connectivity index (χ2n) is 15.2. The molecule has 0 aliphatic heterocycles. The van der Waals surface area contributed by atoms with E-state index in [0.29, 0.717) is 0 Å². The fraction of sp³-hybridized carbons (Fsp3) is 0.224. The van der Waals surface area contributed by atoms with Crippen LogP contribution in [0.5, 0.6) is 0 Å². The first-order valence-corrected chi connectivity index (χ1v) is 19.5. The molecule has 53 heavy (non-hydrogen) atoms. The third kappa shape index (κ3) is 4.74. The van der Waals surface area contributed by atoms with Crippen LogP contribution in [-0.2, 0) is 12.8 Å². The Hall–Kier alpha value is -5.74. The first kappa shape index (κ1) is 30.8. The third-order valence-corrected chi connectivity index (χ3v) is 12.2. The Labute approximate surface area is 310 Å². The molecular formula is C49H42N2O2. The van der Waals surface area contributed by atoms with E-state index in [9.17, 15) is 0 Å². The highest BCUT2D eigenvalue weighted by Crippen LogP contribution is 2.50.